The number of hydrogen-bond donors (Lipinski definition) is 0. The Morgan fingerprint density at radius 3 is 2.59 bits per heavy atom. The van der Waals surface area contributed by atoms with Gasteiger partial charge in [0.05, 0.1) is 0 Å². The standard InChI is InChI=1S/C20H32N2/c1-4-18-11-8-12-20(15-18)17-22(14-13-21(2)3)16-19-9-6-5-7-10-19/h5-6,8,11-12,15,19H,4,7,9-10,13-14,16-17H2,1-3H3. The second-order valence-corrected chi connectivity index (χ2v) is 6.86. The summed E-state index contributed by atoms with van der Waals surface area (Å²) < 4.78 is 0. The molecule has 0 bridgehead atoms. The van der Waals surface area contributed by atoms with E-state index in [4.69, 9.17) is 0 Å². The van der Waals surface area contributed by atoms with Crippen LogP contribution in [0.5, 0.6) is 0 Å². The van der Waals surface area contributed by atoms with Crippen LogP contribution in [-0.4, -0.2) is 43.5 Å². The largest absolute Gasteiger partial charge is 0.308 e. The first-order valence-corrected chi connectivity index (χ1v) is 8.77. The third kappa shape index (κ3) is 5.94. The average molecular weight is 300 g/mol. The summed E-state index contributed by atoms with van der Waals surface area (Å²) in [7, 11) is 4.33. The Hall–Kier alpha value is -1.12. The van der Waals surface area contributed by atoms with Crippen LogP contribution in [0.3, 0.4) is 0 Å². The molecule has 1 unspecified atom stereocenters. The summed E-state index contributed by atoms with van der Waals surface area (Å²) in [6.07, 6.45) is 9.70. The summed E-state index contributed by atoms with van der Waals surface area (Å²) in [6, 6.07) is 9.10. The normalized spacial score (nSPS) is 18.3. The predicted octanol–water partition coefficient (Wildman–Crippen LogP) is 3.97. The topological polar surface area (TPSA) is 6.48 Å². The molecule has 1 aliphatic carbocycles. The van der Waals surface area contributed by atoms with E-state index in [0.717, 1.165) is 32.0 Å². The first kappa shape index (κ1) is 17.2. The van der Waals surface area contributed by atoms with Gasteiger partial charge in [0.25, 0.3) is 0 Å². The minimum absolute atomic E-state index is 0.835. The molecule has 1 aromatic rings. The van der Waals surface area contributed by atoms with Crippen molar-refractivity contribution in [3.63, 3.8) is 0 Å². The molecule has 0 N–H and O–H groups in total. The van der Waals surface area contributed by atoms with Crippen molar-refractivity contribution in [1.29, 1.82) is 0 Å². The number of aryl methyl sites for hydroxylation is 1. The minimum Gasteiger partial charge on any atom is -0.308 e. The lowest BCUT2D eigenvalue weighted by Crippen LogP contribution is -2.35. The van der Waals surface area contributed by atoms with E-state index in [1.165, 1.54) is 36.9 Å². The number of likely N-dealkylation sites (N-methyl/N-ethyl adjacent to an activating group) is 1. The minimum atomic E-state index is 0.835. The fraction of sp³-hybridized carbons (Fsp3) is 0.600. The first-order valence-electron chi connectivity index (χ1n) is 8.77. The Labute approximate surface area is 136 Å². The molecule has 122 valence electrons. The van der Waals surface area contributed by atoms with E-state index in [1.54, 1.807) is 0 Å². The Morgan fingerprint density at radius 1 is 1.09 bits per heavy atom. The van der Waals surface area contributed by atoms with Gasteiger partial charge in [-0.25, -0.2) is 0 Å². The summed E-state index contributed by atoms with van der Waals surface area (Å²) in [6.45, 7) is 6.84. The number of rotatable bonds is 8. The van der Waals surface area contributed by atoms with Crippen molar-refractivity contribution < 1.29 is 0 Å². The summed E-state index contributed by atoms with van der Waals surface area (Å²) in [5, 5.41) is 0. The molecule has 0 spiro atoms. The summed E-state index contributed by atoms with van der Waals surface area (Å²) in [5.41, 5.74) is 2.91. The van der Waals surface area contributed by atoms with Crippen LogP contribution < -0.4 is 0 Å². The van der Waals surface area contributed by atoms with Gasteiger partial charge in [-0.3, -0.25) is 4.90 Å². The molecule has 1 aliphatic rings. The van der Waals surface area contributed by atoms with Gasteiger partial charge in [0.1, 0.15) is 0 Å². The van der Waals surface area contributed by atoms with Gasteiger partial charge in [0.2, 0.25) is 0 Å². The average Bonchev–Trinajstić information content (AvgIpc) is 2.54. The molecule has 0 saturated heterocycles. The van der Waals surface area contributed by atoms with Gasteiger partial charge in [-0.05, 0) is 56.8 Å². The summed E-state index contributed by atoms with van der Waals surface area (Å²) in [4.78, 5) is 4.94. The Balaban J connectivity index is 1.97. The lowest BCUT2D eigenvalue weighted by atomic mass is 9.93. The van der Waals surface area contributed by atoms with Crippen molar-refractivity contribution in [2.45, 2.75) is 39.2 Å². The SMILES string of the molecule is CCc1cccc(CN(CCN(C)C)CC2CC=CCC2)c1. The molecule has 2 heteroatoms. The van der Waals surface area contributed by atoms with Crippen LogP contribution in [0.2, 0.25) is 0 Å². The van der Waals surface area contributed by atoms with E-state index in [9.17, 15) is 0 Å². The summed E-state index contributed by atoms with van der Waals surface area (Å²) in [5.74, 6) is 0.835. The van der Waals surface area contributed by atoms with Crippen LogP contribution in [0.25, 0.3) is 0 Å². The molecule has 0 saturated carbocycles. The number of nitrogens with zero attached hydrogens (tertiary/aromatic N) is 2. The lowest BCUT2D eigenvalue weighted by Gasteiger charge is -2.29. The molecule has 0 radical (unpaired) electrons. The van der Waals surface area contributed by atoms with Crippen LogP contribution in [0.4, 0.5) is 0 Å². The fourth-order valence-electron chi connectivity index (χ4n) is 3.17. The van der Waals surface area contributed by atoms with Gasteiger partial charge in [-0.15, -0.1) is 0 Å². The Morgan fingerprint density at radius 2 is 1.91 bits per heavy atom. The van der Waals surface area contributed by atoms with Gasteiger partial charge in [0.15, 0.2) is 0 Å². The van der Waals surface area contributed by atoms with E-state index in [2.05, 4.69) is 67.2 Å². The van der Waals surface area contributed by atoms with Crippen molar-refractivity contribution in [2.75, 3.05) is 33.7 Å². The zero-order valence-corrected chi connectivity index (χ0v) is 14.6. The highest BCUT2D eigenvalue weighted by Crippen LogP contribution is 2.20. The highest BCUT2D eigenvalue weighted by atomic mass is 15.2. The van der Waals surface area contributed by atoms with Crippen molar-refractivity contribution in [1.82, 2.24) is 9.80 Å². The van der Waals surface area contributed by atoms with Crippen LogP contribution >= 0.6 is 0 Å². The maximum Gasteiger partial charge on any atom is 0.0234 e. The van der Waals surface area contributed by atoms with E-state index < -0.39 is 0 Å². The third-order valence-corrected chi connectivity index (χ3v) is 4.56. The quantitative estimate of drug-likeness (QED) is 0.670. The van der Waals surface area contributed by atoms with Crippen LogP contribution in [0.1, 0.15) is 37.3 Å². The number of hydrogen-bond acceptors (Lipinski definition) is 2. The number of benzene rings is 1. The van der Waals surface area contributed by atoms with E-state index in [0.29, 0.717) is 0 Å². The molecular weight excluding hydrogens is 268 g/mol. The smallest absolute Gasteiger partial charge is 0.0234 e. The summed E-state index contributed by atoms with van der Waals surface area (Å²) >= 11 is 0. The second-order valence-electron chi connectivity index (χ2n) is 6.86. The molecule has 0 aliphatic heterocycles. The fourth-order valence-corrected chi connectivity index (χ4v) is 3.17. The van der Waals surface area contributed by atoms with Crippen LogP contribution in [0, 0.1) is 5.92 Å². The number of allylic oxidation sites excluding steroid dienone is 2. The van der Waals surface area contributed by atoms with Gasteiger partial charge in [0, 0.05) is 26.2 Å². The molecule has 2 rings (SSSR count). The monoisotopic (exact) mass is 300 g/mol. The van der Waals surface area contributed by atoms with Crippen molar-refractivity contribution in [2.24, 2.45) is 5.92 Å². The Kier molecular flexibility index (Phi) is 7.14. The van der Waals surface area contributed by atoms with Crippen molar-refractivity contribution in [3.8, 4) is 0 Å². The van der Waals surface area contributed by atoms with Crippen molar-refractivity contribution >= 4 is 0 Å². The highest BCUT2D eigenvalue weighted by molar-refractivity contribution is 5.23. The molecule has 0 amide bonds. The van der Waals surface area contributed by atoms with E-state index >= 15 is 0 Å². The predicted molar refractivity (Wildman–Crippen MR) is 96.1 cm³/mol. The van der Waals surface area contributed by atoms with Crippen LogP contribution in [0.15, 0.2) is 36.4 Å². The van der Waals surface area contributed by atoms with Gasteiger partial charge < -0.3 is 4.90 Å². The molecular formula is C20H32N2. The molecule has 0 aromatic heterocycles. The van der Waals surface area contributed by atoms with E-state index in [1.807, 2.05) is 0 Å². The molecule has 1 atom stereocenters. The zero-order chi connectivity index (χ0) is 15.8. The lowest BCUT2D eigenvalue weighted by molar-refractivity contribution is 0.195. The van der Waals surface area contributed by atoms with Gasteiger partial charge >= 0.3 is 0 Å². The maximum absolute atomic E-state index is 2.65. The second kappa shape index (κ2) is 9.12. The molecule has 22 heavy (non-hydrogen) atoms. The van der Waals surface area contributed by atoms with Crippen LogP contribution in [-0.2, 0) is 13.0 Å². The first-order chi connectivity index (χ1) is 10.7. The highest BCUT2D eigenvalue weighted by Gasteiger charge is 2.15. The van der Waals surface area contributed by atoms with E-state index in [-0.39, 0.29) is 0 Å². The zero-order valence-electron chi connectivity index (χ0n) is 14.6. The Bertz CT molecular complexity index is 465. The van der Waals surface area contributed by atoms with Gasteiger partial charge in [-0.1, -0.05) is 43.3 Å². The maximum atomic E-state index is 2.65. The van der Waals surface area contributed by atoms with Gasteiger partial charge in [-0.2, -0.15) is 0 Å². The third-order valence-electron chi connectivity index (χ3n) is 4.56. The molecule has 0 heterocycles. The molecule has 2 nitrogen and oxygen atoms in total. The van der Waals surface area contributed by atoms with Crippen molar-refractivity contribution in [3.05, 3.63) is 47.5 Å². The molecule has 0 fully saturated rings. The molecule has 1 aromatic carbocycles.